The largest absolute Gasteiger partial charge is 0.507 e. The normalized spacial score (nSPS) is 10.4. The Kier molecular flexibility index (Phi) is 5.38. The van der Waals surface area contributed by atoms with E-state index in [1.807, 2.05) is 12.1 Å². The number of hydrogen-bond donors (Lipinski definition) is 2. The third-order valence-electron chi connectivity index (χ3n) is 2.56. The molecule has 1 aromatic heterocycles. The number of aromatic hydroxyl groups is 1. The smallest absolute Gasteiger partial charge is 0.255 e. The summed E-state index contributed by atoms with van der Waals surface area (Å²) < 4.78 is 5.20. The molecule has 0 aliphatic carbocycles. The lowest BCUT2D eigenvalue weighted by molar-refractivity contribution is 0.0953. The van der Waals surface area contributed by atoms with E-state index in [2.05, 4.69) is 5.32 Å². The number of carbonyl (C=O) groups excluding carboxylic acids is 1. The third-order valence-corrected chi connectivity index (χ3v) is 3.78. The van der Waals surface area contributed by atoms with Gasteiger partial charge in [0.05, 0.1) is 17.6 Å². The minimum atomic E-state index is -0.330. The van der Waals surface area contributed by atoms with Gasteiger partial charge in [-0.25, -0.2) is 0 Å². The number of hydrogen-bond acceptors (Lipinski definition) is 4. The Morgan fingerprint density at radius 1 is 1.40 bits per heavy atom. The first-order valence-electron chi connectivity index (χ1n) is 6.03. The zero-order chi connectivity index (χ0) is 14.4. The zero-order valence-corrected chi connectivity index (χ0v) is 12.2. The van der Waals surface area contributed by atoms with Crippen LogP contribution in [0, 0.1) is 0 Å². The van der Waals surface area contributed by atoms with Gasteiger partial charge in [0.15, 0.2) is 0 Å². The number of rotatable bonds is 6. The Bertz CT molecular complexity index is 572. The molecule has 2 aromatic rings. The van der Waals surface area contributed by atoms with Crippen molar-refractivity contribution in [3.63, 3.8) is 0 Å². The topological polar surface area (TPSA) is 62.5 Å². The standard InChI is InChI=1S/C14H14ClNO3S/c15-10-3-4-13(17)12(8-10)14(18)16-5-7-20-9-11-2-1-6-19-11/h1-4,6,8,17H,5,7,9H2,(H,16,18). The SMILES string of the molecule is O=C(NCCSCc1ccco1)c1cc(Cl)ccc1O. The van der Waals surface area contributed by atoms with Gasteiger partial charge in [0, 0.05) is 17.3 Å². The molecule has 0 fully saturated rings. The van der Waals surface area contributed by atoms with Gasteiger partial charge in [-0.3, -0.25) is 4.79 Å². The molecule has 106 valence electrons. The molecule has 2 N–H and O–H groups in total. The van der Waals surface area contributed by atoms with E-state index in [0.29, 0.717) is 11.6 Å². The molecule has 2 rings (SSSR count). The van der Waals surface area contributed by atoms with Crippen molar-refractivity contribution in [1.82, 2.24) is 5.32 Å². The Labute approximate surface area is 126 Å². The second-order valence-corrected chi connectivity index (χ2v) is 5.59. The summed E-state index contributed by atoms with van der Waals surface area (Å²) in [7, 11) is 0. The van der Waals surface area contributed by atoms with Crippen LogP contribution < -0.4 is 5.32 Å². The van der Waals surface area contributed by atoms with Gasteiger partial charge in [0.2, 0.25) is 0 Å². The Balaban J connectivity index is 1.73. The highest BCUT2D eigenvalue weighted by Gasteiger charge is 2.10. The van der Waals surface area contributed by atoms with Gasteiger partial charge in [0.25, 0.3) is 5.91 Å². The molecule has 1 heterocycles. The molecule has 0 saturated heterocycles. The number of thioether (sulfide) groups is 1. The molecule has 0 saturated carbocycles. The van der Waals surface area contributed by atoms with E-state index < -0.39 is 0 Å². The van der Waals surface area contributed by atoms with Crippen LogP contribution in [0.2, 0.25) is 5.02 Å². The minimum absolute atomic E-state index is 0.0739. The summed E-state index contributed by atoms with van der Waals surface area (Å²) in [6.07, 6.45) is 1.64. The van der Waals surface area contributed by atoms with Crippen LogP contribution in [0.1, 0.15) is 16.1 Å². The van der Waals surface area contributed by atoms with E-state index in [1.165, 1.54) is 18.2 Å². The maximum absolute atomic E-state index is 11.9. The van der Waals surface area contributed by atoms with Crippen molar-refractivity contribution < 1.29 is 14.3 Å². The molecule has 0 bridgehead atoms. The predicted octanol–water partition coefficient (Wildman–Crippen LogP) is 3.30. The molecule has 4 nitrogen and oxygen atoms in total. The molecular weight excluding hydrogens is 298 g/mol. The van der Waals surface area contributed by atoms with Gasteiger partial charge in [-0.2, -0.15) is 11.8 Å². The zero-order valence-electron chi connectivity index (χ0n) is 10.6. The van der Waals surface area contributed by atoms with Crippen LogP contribution in [0.15, 0.2) is 41.0 Å². The highest BCUT2D eigenvalue weighted by atomic mass is 35.5. The summed E-state index contributed by atoms with van der Waals surface area (Å²) >= 11 is 7.45. The van der Waals surface area contributed by atoms with Crippen LogP contribution in [0.25, 0.3) is 0 Å². The highest BCUT2D eigenvalue weighted by molar-refractivity contribution is 7.98. The summed E-state index contributed by atoms with van der Waals surface area (Å²) in [6.45, 7) is 0.510. The summed E-state index contributed by atoms with van der Waals surface area (Å²) in [5.74, 6) is 2.03. The van der Waals surface area contributed by atoms with E-state index in [1.54, 1.807) is 18.0 Å². The van der Waals surface area contributed by atoms with Gasteiger partial charge in [0.1, 0.15) is 11.5 Å². The summed E-state index contributed by atoms with van der Waals surface area (Å²) in [5, 5.41) is 12.8. The molecule has 1 amide bonds. The van der Waals surface area contributed by atoms with Crippen LogP contribution in [0.3, 0.4) is 0 Å². The van der Waals surface area contributed by atoms with Crippen LogP contribution in [0.5, 0.6) is 5.75 Å². The number of halogens is 1. The first kappa shape index (κ1) is 14.8. The average molecular weight is 312 g/mol. The van der Waals surface area contributed by atoms with E-state index in [0.717, 1.165) is 17.3 Å². The lowest BCUT2D eigenvalue weighted by atomic mass is 10.2. The van der Waals surface area contributed by atoms with Crippen LogP contribution in [0.4, 0.5) is 0 Å². The number of phenols is 1. The lowest BCUT2D eigenvalue weighted by Gasteiger charge is -2.06. The van der Waals surface area contributed by atoms with Crippen molar-refractivity contribution in [3.05, 3.63) is 52.9 Å². The number of nitrogens with one attached hydrogen (secondary N) is 1. The number of amides is 1. The van der Waals surface area contributed by atoms with E-state index in [9.17, 15) is 9.90 Å². The summed E-state index contributed by atoms with van der Waals surface area (Å²) in [4.78, 5) is 11.9. The first-order chi connectivity index (χ1) is 9.66. The molecule has 0 spiro atoms. The summed E-state index contributed by atoms with van der Waals surface area (Å²) in [5.41, 5.74) is 0.188. The fraction of sp³-hybridized carbons (Fsp3) is 0.214. The van der Waals surface area contributed by atoms with Crippen molar-refractivity contribution >= 4 is 29.3 Å². The lowest BCUT2D eigenvalue weighted by Crippen LogP contribution is -2.25. The number of carbonyl (C=O) groups is 1. The van der Waals surface area contributed by atoms with Crippen LogP contribution in [-0.2, 0) is 5.75 Å². The van der Waals surface area contributed by atoms with Gasteiger partial charge < -0.3 is 14.8 Å². The number of benzene rings is 1. The van der Waals surface area contributed by atoms with Gasteiger partial charge >= 0.3 is 0 Å². The number of phenolic OH excluding ortho intramolecular Hbond substituents is 1. The van der Waals surface area contributed by atoms with E-state index >= 15 is 0 Å². The quantitative estimate of drug-likeness (QED) is 0.804. The van der Waals surface area contributed by atoms with Crippen molar-refractivity contribution in [2.45, 2.75) is 5.75 Å². The molecule has 0 unspecified atom stereocenters. The molecule has 0 atom stereocenters. The maximum Gasteiger partial charge on any atom is 0.255 e. The van der Waals surface area contributed by atoms with Crippen molar-refractivity contribution in [1.29, 1.82) is 0 Å². The minimum Gasteiger partial charge on any atom is -0.507 e. The Hall–Kier alpha value is -1.59. The highest BCUT2D eigenvalue weighted by Crippen LogP contribution is 2.21. The van der Waals surface area contributed by atoms with Crippen LogP contribution >= 0.6 is 23.4 Å². The third kappa shape index (κ3) is 4.21. The van der Waals surface area contributed by atoms with Gasteiger partial charge in [-0.05, 0) is 30.3 Å². The molecule has 0 radical (unpaired) electrons. The monoisotopic (exact) mass is 311 g/mol. The molecule has 1 aromatic carbocycles. The van der Waals surface area contributed by atoms with Crippen molar-refractivity contribution in [3.8, 4) is 5.75 Å². The molecule has 0 aliphatic heterocycles. The fourth-order valence-electron chi connectivity index (χ4n) is 1.59. The van der Waals surface area contributed by atoms with Gasteiger partial charge in [-0.1, -0.05) is 11.6 Å². The average Bonchev–Trinajstić information content (AvgIpc) is 2.94. The second kappa shape index (κ2) is 7.26. The fourth-order valence-corrected chi connectivity index (χ4v) is 2.52. The van der Waals surface area contributed by atoms with E-state index in [4.69, 9.17) is 16.0 Å². The molecule has 6 heteroatoms. The second-order valence-electron chi connectivity index (χ2n) is 4.05. The molecular formula is C14H14ClNO3S. The Morgan fingerprint density at radius 2 is 2.25 bits per heavy atom. The molecule has 0 aliphatic rings. The molecule has 20 heavy (non-hydrogen) atoms. The maximum atomic E-state index is 11.9. The van der Waals surface area contributed by atoms with Crippen molar-refractivity contribution in [2.24, 2.45) is 0 Å². The first-order valence-corrected chi connectivity index (χ1v) is 7.57. The van der Waals surface area contributed by atoms with Crippen molar-refractivity contribution in [2.75, 3.05) is 12.3 Å². The van der Waals surface area contributed by atoms with Gasteiger partial charge in [-0.15, -0.1) is 0 Å². The van der Waals surface area contributed by atoms with Crippen LogP contribution in [-0.4, -0.2) is 23.3 Å². The Morgan fingerprint density at radius 3 is 3.00 bits per heavy atom. The summed E-state index contributed by atoms with van der Waals surface area (Å²) in [6, 6.07) is 8.15. The number of furan rings is 1. The van der Waals surface area contributed by atoms with E-state index in [-0.39, 0.29) is 17.2 Å². The predicted molar refractivity (Wildman–Crippen MR) is 80.3 cm³/mol.